The van der Waals surface area contributed by atoms with Crippen molar-refractivity contribution in [2.75, 3.05) is 20.2 Å². The van der Waals surface area contributed by atoms with Crippen molar-refractivity contribution in [3.8, 4) is 22.9 Å². The lowest BCUT2D eigenvalue weighted by molar-refractivity contribution is -0.129. The van der Waals surface area contributed by atoms with Gasteiger partial charge in [0.25, 0.3) is 0 Å². The average molecular weight is 428 g/mol. The fourth-order valence-electron chi connectivity index (χ4n) is 3.19. The molecule has 0 spiro atoms. The van der Waals surface area contributed by atoms with Crippen LogP contribution in [0.5, 0.6) is 5.75 Å². The van der Waals surface area contributed by atoms with Crippen LogP contribution in [0.25, 0.3) is 11.1 Å². The monoisotopic (exact) mass is 427 g/mol. The zero-order chi connectivity index (χ0) is 23.0. The lowest BCUT2D eigenvalue weighted by Crippen LogP contribution is -2.30. The molecule has 5 nitrogen and oxygen atoms in total. The van der Waals surface area contributed by atoms with Crippen LogP contribution in [0.1, 0.15) is 25.1 Å². The Kier molecular flexibility index (Phi) is 7.62. The summed E-state index contributed by atoms with van der Waals surface area (Å²) in [5.74, 6) is 0.625. The summed E-state index contributed by atoms with van der Waals surface area (Å²) in [4.78, 5) is 19.0. The summed E-state index contributed by atoms with van der Waals surface area (Å²) in [5, 5.41) is 9.28. The highest BCUT2D eigenvalue weighted by molar-refractivity contribution is 5.79. The quantitative estimate of drug-likeness (QED) is 0.486. The number of hydrogen-bond acceptors (Lipinski definition) is 4. The number of carbonyl (C=O) groups excluding carboxylic acids is 1. The molecule has 0 saturated heterocycles. The zero-order valence-electron chi connectivity index (χ0n) is 18.9. The van der Waals surface area contributed by atoms with Gasteiger partial charge in [-0.3, -0.25) is 9.78 Å². The van der Waals surface area contributed by atoms with Gasteiger partial charge in [0.1, 0.15) is 12.4 Å². The highest BCUT2D eigenvalue weighted by Crippen LogP contribution is 2.31. The topological polar surface area (TPSA) is 66.2 Å². The fourth-order valence-corrected chi connectivity index (χ4v) is 3.19. The highest BCUT2D eigenvalue weighted by atomic mass is 16.5. The van der Waals surface area contributed by atoms with E-state index >= 15 is 0 Å². The van der Waals surface area contributed by atoms with Crippen LogP contribution >= 0.6 is 0 Å². The number of aromatic nitrogens is 1. The standard InChI is InChI=1S/C27H29N3O2/c1-27(2,19-28)20-32-25-18-29-23(16-24(25)22-12-8-5-9-13-22)17-26(31)30(3)15-14-21-10-6-4-7-11-21/h4-13,16,18H,14-15,17,20H2,1-3H3. The van der Waals surface area contributed by atoms with Gasteiger partial charge in [-0.1, -0.05) is 60.7 Å². The van der Waals surface area contributed by atoms with E-state index in [1.807, 2.05) is 75.5 Å². The first-order chi connectivity index (χ1) is 15.4. The van der Waals surface area contributed by atoms with Gasteiger partial charge in [0.15, 0.2) is 0 Å². The molecule has 0 aliphatic carbocycles. The van der Waals surface area contributed by atoms with E-state index in [2.05, 4.69) is 23.2 Å². The molecule has 0 aliphatic heterocycles. The van der Waals surface area contributed by atoms with Crippen LogP contribution in [0, 0.1) is 16.7 Å². The molecule has 0 radical (unpaired) electrons. The van der Waals surface area contributed by atoms with Crippen LogP contribution in [-0.4, -0.2) is 36.0 Å². The summed E-state index contributed by atoms with van der Waals surface area (Å²) >= 11 is 0. The first kappa shape index (κ1) is 23.0. The summed E-state index contributed by atoms with van der Waals surface area (Å²) in [6, 6.07) is 24.2. The van der Waals surface area contributed by atoms with E-state index in [1.54, 1.807) is 11.1 Å². The molecule has 2 aromatic carbocycles. The van der Waals surface area contributed by atoms with Gasteiger partial charge in [-0.15, -0.1) is 0 Å². The first-order valence-electron chi connectivity index (χ1n) is 10.7. The number of carbonyl (C=O) groups is 1. The molecule has 0 aliphatic rings. The SMILES string of the molecule is CN(CCc1ccccc1)C(=O)Cc1cc(-c2ccccc2)c(OCC(C)(C)C#N)cn1. The normalized spacial score (nSPS) is 10.9. The molecule has 0 N–H and O–H groups in total. The molecular weight excluding hydrogens is 398 g/mol. The van der Waals surface area contributed by atoms with Crippen molar-refractivity contribution in [1.82, 2.24) is 9.88 Å². The Morgan fingerprint density at radius 2 is 1.75 bits per heavy atom. The van der Waals surface area contributed by atoms with E-state index in [9.17, 15) is 10.1 Å². The van der Waals surface area contributed by atoms with Crippen molar-refractivity contribution in [3.63, 3.8) is 0 Å². The second-order valence-electron chi connectivity index (χ2n) is 8.55. The zero-order valence-corrected chi connectivity index (χ0v) is 18.9. The van der Waals surface area contributed by atoms with Crippen molar-refractivity contribution in [2.45, 2.75) is 26.7 Å². The Morgan fingerprint density at radius 1 is 1.09 bits per heavy atom. The number of nitriles is 1. The highest BCUT2D eigenvalue weighted by Gasteiger charge is 2.20. The lowest BCUT2D eigenvalue weighted by Gasteiger charge is -2.19. The number of amides is 1. The Hall–Kier alpha value is -3.65. The molecule has 1 amide bonds. The van der Waals surface area contributed by atoms with Gasteiger partial charge in [-0.2, -0.15) is 5.26 Å². The number of rotatable bonds is 9. The third-order valence-corrected chi connectivity index (χ3v) is 5.24. The van der Waals surface area contributed by atoms with Crippen LogP contribution in [0.15, 0.2) is 72.9 Å². The van der Waals surface area contributed by atoms with Crippen molar-refractivity contribution in [1.29, 1.82) is 5.26 Å². The Bertz CT molecular complexity index is 1070. The van der Waals surface area contributed by atoms with E-state index in [4.69, 9.17) is 4.74 Å². The Balaban J connectivity index is 1.74. The summed E-state index contributed by atoms with van der Waals surface area (Å²) in [5.41, 5.74) is 3.13. The maximum Gasteiger partial charge on any atom is 0.228 e. The molecule has 164 valence electrons. The minimum absolute atomic E-state index is 0.0201. The van der Waals surface area contributed by atoms with Crippen molar-refractivity contribution in [3.05, 3.63) is 84.2 Å². The van der Waals surface area contributed by atoms with Crippen molar-refractivity contribution >= 4 is 5.91 Å². The molecule has 3 rings (SSSR count). The number of hydrogen-bond donors (Lipinski definition) is 0. The van der Waals surface area contributed by atoms with E-state index in [1.165, 1.54) is 5.56 Å². The molecule has 1 heterocycles. The second kappa shape index (κ2) is 10.6. The maximum absolute atomic E-state index is 12.8. The third kappa shape index (κ3) is 6.42. The van der Waals surface area contributed by atoms with Crippen LogP contribution in [0.4, 0.5) is 0 Å². The van der Waals surface area contributed by atoms with Crippen LogP contribution < -0.4 is 4.74 Å². The molecule has 0 unspecified atom stereocenters. The molecule has 0 atom stereocenters. The summed E-state index contributed by atoms with van der Waals surface area (Å²) < 4.78 is 5.96. The second-order valence-corrected chi connectivity index (χ2v) is 8.55. The third-order valence-electron chi connectivity index (χ3n) is 5.24. The molecule has 32 heavy (non-hydrogen) atoms. The molecule has 1 aromatic heterocycles. The summed E-state index contributed by atoms with van der Waals surface area (Å²) in [6.45, 7) is 4.58. The minimum atomic E-state index is -0.607. The largest absolute Gasteiger partial charge is 0.490 e. The first-order valence-corrected chi connectivity index (χ1v) is 10.7. The predicted octanol–water partition coefficient (Wildman–Crippen LogP) is 4.92. The van der Waals surface area contributed by atoms with Gasteiger partial charge in [0.2, 0.25) is 5.91 Å². The Morgan fingerprint density at radius 3 is 2.41 bits per heavy atom. The van der Waals surface area contributed by atoms with Gasteiger partial charge in [-0.25, -0.2) is 0 Å². The van der Waals surface area contributed by atoms with E-state index < -0.39 is 5.41 Å². The van der Waals surface area contributed by atoms with E-state index in [0.29, 0.717) is 18.0 Å². The van der Waals surface area contributed by atoms with Gasteiger partial charge in [0.05, 0.1) is 29.8 Å². The molecule has 0 fully saturated rings. The summed E-state index contributed by atoms with van der Waals surface area (Å²) in [7, 11) is 1.82. The van der Waals surface area contributed by atoms with Crippen LogP contribution in [0.2, 0.25) is 0 Å². The van der Waals surface area contributed by atoms with E-state index in [-0.39, 0.29) is 18.9 Å². The fraction of sp³-hybridized carbons (Fsp3) is 0.296. The lowest BCUT2D eigenvalue weighted by atomic mass is 9.97. The summed E-state index contributed by atoms with van der Waals surface area (Å²) in [6.07, 6.45) is 2.69. The average Bonchev–Trinajstić information content (AvgIpc) is 2.82. The van der Waals surface area contributed by atoms with Crippen LogP contribution in [0.3, 0.4) is 0 Å². The predicted molar refractivity (Wildman–Crippen MR) is 126 cm³/mol. The molecule has 5 heteroatoms. The van der Waals surface area contributed by atoms with Crippen molar-refractivity contribution in [2.24, 2.45) is 5.41 Å². The number of pyridine rings is 1. The molecular formula is C27H29N3O2. The smallest absolute Gasteiger partial charge is 0.228 e. The van der Waals surface area contributed by atoms with Gasteiger partial charge >= 0.3 is 0 Å². The van der Waals surface area contributed by atoms with Gasteiger partial charge in [-0.05, 0) is 37.5 Å². The molecule has 3 aromatic rings. The Labute approximate surface area is 190 Å². The number of benzene rings is 2. The number of likely N-dealkylation sites (N-methyl/N-ethyl adjacent to an activating group) is 1. The van der Waals surface area contributed by atoms with Gasteiger partial charge < -0.3 is 9.64 Å². The molecule has 0 bridgehead atoms. The number of ether oxygens (including phenoxy) is 1. The van der Waals surface area contributed by atoms with E-state index in [0.717, 1.165) is 17.5 Å². The maximum atomic E-state index is 12.8. The van der Waals surface area contributed by atoms with Gasteiger partial charge in [0, 0.05) is 19.2 Å². The van der Waals surface area contributed by atoms with Crippen molar-refractivity contribution < 1.29 is 9.53 Å². The molecule has 0 saturated carbocycles. The minimum Gasteiger partial charge on any atom is -0.490 e. The van der Waals surface area contributed by atoms with Crippen LogP contribution in [-0.2, 0) is 17.6 Å². The number of nitrogens with zero attached hydrogens (tertiary/aromatic N) is 3.